The minimum atomic E-state index is -4.65. The molecule has 41 heavy (non-hydrogen) atoms. The number of thiazole rings is 1. The summed E-state index contributed by atoms with van der Waals surface area (Å²) in [5.41, 5.74) is 0.454. The molecule has 4 aromatic rings. The highest BCUT2D eigenvalue weighted by molar-refractivity contribution is 8.00. The number of nitrogens with one attached hydrogen (secondary N) is 1. The third-order valence-electron chi connectivity index (χ3n) is 6.97. The first kappa shape index (κ1) is 27.5. The Kier molecular flexibility index (Phi) is 6.91. The lowest BCUT2D eigenvalue weighted by molar-refractivity contribution is -0.137. The smallest absolute Gasteiger partial charge is 0.325 e. The van der Waals surface area contributed by atoms with Crippen LogP contribution in [0.4, 0.5) is 24.5 Å². The van der Waals surface area contributed by atoms with Crippen LogP contribution in [0.5, 0.6) is 0 Å². The van der Waals surface area contributed by atoms with Crippen LogP contribution in [-0.4, -0.2) is 27.5 Å². The van der Waals surface area contributed by atoms with E-state index in [0.29, 0.717) is 15.6 Å². The molecular formula is C28H20F3N3O4S3. The first-order chi connectivity index (χ1) is 19.5. The first-order valence-corrected chi connectivity index (χ1v) is 15.0. The number of amides is 3. The van der Waals surface area contributed by atoms with E-state index in [0.717, 1.165) is 56.6 Å². The number of halogens is 3. The van der Waals surface area contributed by atoms with Crippen LogP contribution in [0, 0.1) is 12.8 Å². The molecule has 0 radical (unpaired) electrons. The van der Waals surface area contributed by atoms with Gasteiger partial charge in [-0.25, -0.2) is 4.90 Å². The second-order valence-corrected chi connectivity index (χ2v) is 12.8. The first-order valence-electron chi connectivity index (χ1n) is 12.4. The number of hydrogen-bond donors (Lipinski definition) is 1. The number of imide groups is 1. The second kappa shape index (κ2) is 10.3. The van der Waals surface area contributed by atoms with Gasteiger partial charge in [0.1, 0.15) is 11.8 Å². The van der Waals surface area contributed by atoms with Crippen LogP contribution >= 0.6 is 34.4 Å². The van der Waals surface area contributed by atoms with Gasteiger partial charge in [0.05, 0.1) is 22.2 Å². The number of rotatable bonds is 5. The van der Waals surface area contributed by atoms with Crippen LogP contribution < -0.4 is 15.1 Å². The van der Waals surface area contributed by atoms with Crippen LogP contribution in [0.2, 0.25) is 0 Å². The number of aryl methyl sites for hydroxylation is 1. The van der Waals surface area contributed by atoms with Crippen molar-refractivity contribution in [2.24, 2.45) is 5.92 Å². The number of carbonyl (C=O) groups excluding carboxylic acids is 3. The largest absolute Gasteiger partial charge is 0.416 e. The molecule has 4 heterocycles. The molecule has 2 unspecified atom stereocenters. The van der Waals surface area contributed by atoms with E-state index in [2.05, 4.69) is 5.32 Å². The van der Waals surface area contributed by atoms with Gasteiger partial charge in [-0.05, 0) is 48.7 Å². The Balaban J connectivity index is 1.38. The molecule has 0 aliphatic carbocycles. The van der Waals surface area contributed by atoms with Gasteiger partial charge in [-0.1, -0.05) is 52.9 Å². The SMILES string of the molecule is Cc1ccc(NC(=O)Cn2c3c(sc2=O)[C@H](c2cccs2)C2C(=O)N(c4cccc(C(F)(F)F)c4)C(=O)C2S3)cc1. The van der Waals surface area contributed by atoms with Gasteiger partial charge in [0, 0.05) is 21.4 Å². The minimum Gasteiger partial charge on any atom is -0.325 e. The van der Waals surface area contributed by atoms with E-state index in [1.807, 2.05) is 24.4 Å². The summed E-state index contributed by atoms with van der Waals surface area (Å²) in [6.07, 6.45) is -4.65. The Labute approximate surface area is 243 Å². The number of hydrogen-bond acceptors (Lipinski definition) is 7. The molecule has 2 aromatic heterocycles. The summed E-state index contributed by atoms with van der Waals surface area (Å²) >= 11 is 3.28. The molecule has 1 N–H and O–H groups in total. The van der Waals surface area contributed by atoms with Gasteiger partial charge in [-0.15, -0.1) is 11.3 Å². The van der Waals surface area contributed by atoms with Crippen LogP contribution in [0.15, 0.2) is 75.9 Å². The third-order valence-corrected chi connectivity index (χ3v) is 10.5. The number of aromatic nitrogens is 1. The fourth-order valence-corrected chi connectivity index (χ4v) is 8.81. The summed E-state index contributed by atoms with van der Waals surface area (Å²) in [7, 11) is 0. The van der Waals surface area contributed by atoms with Gasteiger partial charge in [-0.3, -0.25) is 23.7 Å². The summed E-state index contributed by atoms with van der Waals surface area (Å²) in [5.74, 6) is -3.32. The monoisotopic (exact) mass is 615 g/mol. The van der Waals surface area contributed by atoms with Crippen molar-refractivity contribution in [3.8, 4) is 0 Å². The fourth-order valence-electron chi connectivity index (χ4n) is 5.09. The number of benzene rings is 2. The number of fused-ring (bicyclic) bond motifs is 2. The van der Waals surface area contributed by atoms with Crippen molar-refractivity contribution in [3.63, 3.8) is 0 Å². The van der Waals surface area contributed by atoms with E-state index < -0.39 is 51.4 Å². The summed E-state index contributed by atoms with van der Waals surface area (Å²) in [4.78, 5) is 55.3. The lowest BCUT2D eigenvalue weighted by atomic mass is 9.87. The van der Waals surface area contributed by atoms with Crippen molar-refractivity contribution < 1.29 is 27.6 Å². The topological polar surface area (TPSA) is 88.5 Å². The molecule has 3 atom stereocenters. The molecule has 0 bridgehead atoms. The number of thioether (sulfide) groups is 1. The Morgan fingerprint density at radius 1 is 1.00 bits per heavy atom. The zero-order valence-electron chi connectivity index (χ0n) is 21.2. The molecule has 2 aliphatic rings. The molecule has 0 spiro atoms. The van der Waals surface area contributed by atoms with Crippen LogP contribution in [0.1, 0.15) is 26.8 Å². The normalized spacial score (nSPS) is 20.2. The average molecular weight is 616 g/mol. The molecule has 1 saturated heterocycles. The lowest BCUT2D eigenvalue weighted by Gasteiger charge is -2.29. The van der Waals surface area contributed by atoms with Crippen molar-refractivity contribution in [2.45, 2.75) is 35.8 Å². The Morgan fingerprint density at radius 2 is 1.76 bits per heavy atom. The highest BCUT2D eigenvalue weighted by atomic mass is 32.2. The van der Waals surface area contributed by atoms with Crippen molar-refractivity contribution in [1.29, 1.82) is 0 Å². The molecular weight excluding hydrogens is 596 g/mol. The van der Waals surface area contributed by atoms with E-state index in [1.54, 1.807) is 24.3 Å². The molecule has 6 rings (SSSR count). The average Bonchev–Trinajstić information content (AvgIpc) is 3.62. The molecule has 2 aliphatic heterocycles. The summed E-state index contributed by atoms with van der Waals surface area (Å²) < 4.78 is 41.6. The highest BCUT2D eigenvalue weighted by Gasteiger charge is 2.57. The number of alkyl halides is 3. The molecule has 1 fully saturated rings. The highest BCUT2D eigenvalue weighted by Crippen LogP contribution is 2.54. The van der Waals surface area contributed by atoms with E-state index in [4.69, 9.17) is 0 Å². The van der Waals surface area contributed by atoms with Gasteiger partial charge in [0.15, 0.2) is 0 Å². The summed E-state index contributed by atoms with van der Waals surface area (Å²) in [6.45, 7) is 1.61. The van der Waals surface area contributed by atoms with Crippen molar-refractivity contribution in [1.82, 2.24) is 4.57 Å². The molecule has 0 saturated carbocycles. The third kappa shape index (κ3) is 4.91. The molecule has 3 amide bonds. The maximum absolute atomic E-state index is 13.8. The maximum Gasteiger partial charge on any atom is 0.416 e. The zero-order valence-corrected chi connectivity index (χ0v) is 23.6. The van der Waals surface area contributed by atoms with Gasteiger partial charge < -0.3 is 5.32 Å². The van der Waals surface area contributed by atoms with Gasteiger partial charge in [0.2, 0.25) is 17.7 Å². The number of carbonyl (C=O) groups is 3. The summed E-state index contributed by atoms with van der Waals surface area (Å²) in [5, 5.41) is 4.00. The van der Waals surface area contributed by atoms with Gasteiger partial charge in [-0.2, -0.15) is 13.2 Å². The predicted molar refractivity (Wildman–Crippen MR) is 152 cm³/mol. The molecule has 7 nitrogen and oxygen atoms in total. The zero-order chi connectivity index (χ0) is 29.1. The Hall–Kier alpha value is -3.68. The van der Waals surface area contributed by atoms with E-state index in [-0.39, 0.29) is 12.2 Å². The molecule has 210 valence electrons. The minimum absolute atomic E-state index is 0.159. The predicted octanol–water partition coefficient (Wildman–Crippen LogP) is 5.73. The van der Waals surface area contributed by atoms with Crippen molar-refractivity contribution in [2.75, 3.05) is 10.2 Å². The second-order valence-electron chi connectivity index (χ2n) is 9.66. The maximum atomic E-state index is 13.8. The Bertz CT molecular complexity index is 1730. The van der Waals surface area contributed by atoms with E-state index in [1.165, 1.54) is 22.0 Å². The van der Waals surface area contributed by atoms with Crippen LogP contribution in [0.3, 0.4) is 0 Å². The van der Waals surface area contributed by atoms with Crippen LogP contribution in [0.25, 0.3) is 0 Å². The quantitative estimate of drug-likeness (QED) is 0.290. The number of anilines is 2. The van der Waals surface area contributed by atoms with E-state index in [9.17, 15) is 32.3 Å². The van der Waals surface area contributed by atoms with Crippen molar-refractivity contribution in [3.05, 3.63) is 96.6 Å². The van der Waals surface area contributed by atoms with Crippen molar-refractivity contribution >= 4 is 63.5 Å². The lowest BCUT2D eigenvalue weighted by Crippen LogP contribution is -2.32. The fraction of sp³-hybridized carbons (Fsp3) is 0.214. The van der Waals surface area contributed by atoms with Crippen LogP contribution in [-0.2, 0) is 27.1 Å². The number of nitrogens with zero attached hydrogens (tertiary/aromatic N) is 2. The Morgan fingerprint density at radius 3 is 2.44 bits per heavy atom. The van der Waals surface area contributed by atoms with Gasteiger partial charge >= 0.3 is 11.0 Å². The van der Waals surface area contributed by atoms with E-state index >= 15 is 0 Å². The standard InChI is InChI=1S/C28H20F3N3O4S3/c1-14-7-9-16(10-8-14)32-19(35)13-33-26-23(41-27(33)38)20(18-6-3-11-39-18)21-22(40-26)25(37)34(24(21)36)17-5-2-4-15(12-17)28(29,30)31/h2-12,20-22H,13H2,1H3,(H,32,35)/t20-,21?,22?/m1/s1. The molecule has 13 heteroatoms. The molecule has 2 aromatic carbocycles. The summed E-state index contributed by atoms with van der Waals surface area (Å²) in [6, 6.07) is 14.9. The van der Waals surface area contributed by atoms with Gasteiger partial charge in [0.25, 0.3) is 0 Å². The number of thiophene rings is 1.